The predicted octanol–water partition coefficient (Wildman–Crippen LogP) is 5.82. The topological polar surface area (TPSA) is 12.0 Å². The second-order valence-electron chi connectivity index (χ2n) is 6.53. The summed E-state index contributed by atoms with van der Waals surface area (Å²) in [5, 5.41) is 3.63. The molecule has 3 aromatic carbocycles. The molecule has 0 amide bonds. The molecule has 0 spiro atoms. The van der Waals surface area contributed by atoms with Gasteiger partial charge in [-0.15, -0.1) is 0 Å². The zero-order valence-corrected chi connectivity index (χ0v) is 14.7. The number of hydrogen-bond donors (Lipinski definition) is 1. The predicted molar refractivity (Wildman–Crippen MR) is 103 cm³/mol. The van der Waals surface area contributed by atoms with E-state index in [9.17, 15) is 0 Å². The van der Waals surface area contributed by atoms with E-state index < -0.39 is 0 Å². The Labute approximate surface area is 145 Å². The van der Waals surface area contributed by atoms with Gasteiger partial charge in [-0.1, -0.05) is 72.3 Å². The van der Waals surface area contributed by atoms with Gasteiger partial charge in [0.2, 0.25) is 0 Å². The monoisotopic (exact) mass is 315 g/mol. The lowest BCUT2D eigenvalue weighted by atomic mass is 9.99. The van der Waals surface area contributed by atoms with Crippen LogP contribution in [-0.4, -0.2) is 0 Å². The number of benzene rings is 3. The molecular formula is C23H25N. The molecule has 1 heteroatoms. The summed E-state index contributed by atoms with van der Waals surface area (Å²) in [6.45, 7) is 7.38. The summed E-state index contributed by atoms with van der Waals surface area (Å²) in [5.74, 6) is 0. The van der Waals surface area contributed by atoms with Crippen molar-refractivity contribution >= 4 is 0 Å². The van der Waals surface area contributed by atoms with Gasteiger partial charge in [0.05, 0.1) is 0 Å². The lowest BCUT2D eigenvalue weighted by Gasteiger charge is -2.15. The Hall–Kier alpha value is -2.38. The molecule has 1 unspecified atom stereocenters. The molecule has 3 rings (SSSR count). The van der Waals surface area contributed by atoms with Crippen molar-refractivity contribution in [1.29, 1.82) is 0 Å². The smallest absolute Gasteiger partial charge is 0.0294 e. The van der Waals surface area contributed by atoms with Crippen LogP contribution in [0.1, 0.15) is 35.2 Å². The van der Waals surface area contributed by atoms with Gasteiger partial charge in [0.15, 0.2) is 0 Å². The standard InChI is InChI=1S/C23H25N/c1-17-11-13-21(14-12-17)19(3)24-16-20-8-6-9-22(15-20)23-10-5-4-7-18(23)2/h4-15,19,24H,16H2,1-3H3. The summed E-state index contributed by atoms with van der Waals surface area (Å²) in [6.07, 6.45) is 0. The quantitative estimate of drug-likeness (QED) is 0.625. The average molecular weight is 315 g/mol. The SMILES string of the molecule is Cc1ccc(C(C)NCc2cccc(-c3ccccc3C)c2)cc1. The number of hydrogen-bond acceptors (Lipinski definition) is 1. The Bertz CT molecular complexity index is 802. The Balaban J connectivity index is 1.71. The maximum Gasteiger partial charge on any atom is 0.0294 e. The largest absolute Gasteiger partial charge is 0.306 e. The molecule has 0 fully saturated rings. The van der Waals surface area contributed by atoms with E-state index in [1.165, 1.54) is 33.4 Å². The van der Waals surface area contributed by atoms with E-state index >= 15 is 0 Å². The highest BCUT2D eigenvalue weighted by atomic mass is 14.9. The zero-order valence-electron chi connectivity index (χ0n) is 14.7. The van der Waals surface area contributed by atoms with E-state index in [-0.39, 0.29) is 0 Å². The Morgan fingerprint density at radius 1 is 0.833 bits per heavy atom. The molecular weight excluding hydrogens is 290 g/mol. The van der Waals surface area contributed by atoms with Crippen molar-refractivity contribution in [1.82, 2.24) is 5.32 Å². The first-order valence-corrected chi connectivity index (χ1v) is 8.58. The first-order valence-electron chi connectivity index (χ1n) is 8.58. The third-order valence-corrected chi connectivity index (χ3v) is 4.57. The van der Waals surface area contributed by atoms with Crippen LogP contribution in [0.2, 0.25) is 0 Å². The number of aryl methyl sites for hydroxylation is 2. The van der Waals surface area contributed by atoms with Crippen molar-refractivity contribution in [2.75, 3.05) is 0 Å². The highest BCUT2D eigenvalue weighted by Gasteiger charge is 2.06. The van der Waals surface area contributed by atoms with Gasteiger partial charge >= 0.3 is 0 Å². The third kappa shape index (κ3) is 3.93. The summed E-state index contributed by atoms with van der Waals surface area (Å²) in [7, 11) is 0. The lowest BCUT2D eigenvalue weighted by Crippen LogP contribution is -2.18. The van der Waals surface area contributed by atoms with Gasteiger partial charge in [0, 0.05) is 12.6 Å². The molecule has 0 saturated heterocycles. The van der Waals surface area contributed by atoms with Crippen LogP contribution in [0.25, 0.3) is 11.1 Å². The summed E-state index contributed by atoms with van der Waals surface area (Å²) in [4.78, 5) is 0. The summed E-state index contributed by atoms with van der Waals surface area (Å²) in [5.41, 5.74) is 7.86. The van der Waals surface area contributed by atoms with Crippen LogP contribution in [0.15, 0.2) is 72.8 Å². The summed E-state index contributed by atoms with van der Waals surface area (Å²) >= 11 is 0. The van der Waals surface area contributed by atoms with E-state index in [0.29, 0.717) is 6.04 Å². The normalized spacial score (nSPS) is 12.1. The maximum atomic E-state index is 3.63. The van der Waals surface area contributed by atoms with Crippen LogP contribution >= 0.6 is 0 Å². The van der Waals surface area contributed by atoms with Crippen LogP contribution in [0.4, 0.5) is 0 Å². The molecule has 1 N–H and O–H groups in total. The molecule has 3 aromatic rings. The highest BCUT2D eigenvalue weighted by Crippen LogP contribution is 2.24. The Morgan fingerprint density at radius 2 is 1.58 bits per heavy atom. The van der Waals surface area contributed by atoms with E-state index in [1.54, 1.807) is 0 Å². The zero-order chi connectivity index (χ0) is 16.9. The van der Waals surface area contributed by atoms with Gasteiger partial charge in [-0.05, 0) is 54.7 Å². The summed E-state index contributed by atoms with van der Waals surface area (Å²) in [6, 6.07) is 26.5. The van der Waals surface area contributed by atoms with E-state index in [0.717, 1.165) is 6.54 Å². The molecule has 1 nitrogen and oxygen atoms in total. The minimum absolute atomic E-state index is 0.340. The second kappa shape index (κ2) is 7.46. The molecule has 0 radical (unpaired) electrons. The van der Waals surface area contributed by atoms with Crippen molar-refractivity contribution < 1.29 is 0 Å². The minimum Gasteiger partial charge on any atom is -0.306 e. The molecule has 0 aliphatic rings. The van der Waals surface area contributed by atoms with Gasteiger partial charge in [-0.25, -0.2) is 0 Å². The van der Waals surface area contributed by atoms with Crippen molar-refractivity contribution in [3.63, 3.8) is 0 Å². The first-order chi connectivity index (χ1) is 11.6. The first kappa shape index (κ1) is 16.5. The van der Waals surface area contributed by atoms with Crippen LogP contribution in [0.3, 0.4) is 0 Å². The molecule has 122 valence electrons. The minimum atomic E-state index is 0.340. The van der Waals surface area contributed by atoms with Gasteiger partial charge in [0.25, 0.3) is 0 Å². The molecule has 0 aromatic heterocycles. The van der Waals surface area contributed by atoms with Crippen LogP contribution in [0, 0.1) is 13.8 Å². The molecule has 0 aliphatic heterocycles. The average Bonchev–Trinajstić information content (AvgIpc) is 2.61. The van der Waals surface area contributed by atoms with Crippen molar-refractivity contribution in [3.05, 3.63) is 95.1 Å². The van der Waals surface area contributed by atoms with Gasteiger partial charge in [-0.3, -0.25) is 0 Å². The number of rotatable bonds is 5. The highest BCUT2D eigenvalue weighted by molar-refractivity contribution is 5.67. The molecule has 0 heterocycles. The molecule has 24 heavy (non-hydrogen) atoms. The fraction of sp³-hybridized carbons (Fsp3) is 0.217. The molecule has 0 aliphatic carbocycles. The lowest BCUT2D eigenvalue weighted by molar-refractivity contribution is 0.575. The van der Waals surface area contributed by atoms with E-state index in [2.05, 4.69) is 98.9 Å². The van der Waals surface area contributed by atoms with Crippen LogP contribution in [-0.2, 0) is 6.54 Å². The molecule has 1 atom stereocenters. The van der Waals surface area contributed by atoms with E-state index in [1.807, 2.05) is 0 Å². The van der Waals surface area contributed by atoms with E-state index in [4.69, 9.17) is 0 Å². The van der Waals surface area contributed by atoms with Gasteiger partial charge in [0.1, 0.15) is 0 Å². The fourth-order valence-electron chi connectivity index (χ4n) is 2.99. The van der Waals surface area contributed by atoms with Crippen molar-refractivity contribution in [2.24, 2.45) is 0 Å². The third-order valence-electron chi connectivity index (χ3n) is 4.57. The summed E-state index contributed by atoms with van der Waals surface area (Å²) < 4.78 is 0. The van der Waals surface area contributed by atoms with Crippen LogP contribution < -0.4 is 5.32 Å². The Kier molecular flexibility index (Phi) is 5.12. The maximum absolute atomic E-state index is 3.63. The Morgan fingerprint density at radius 3 is 2.33 bits per heavy atom. The van der Waals surface area contributed by atoms with Gasteiger partial charge < -0.3 is 5.32 Å². The fourth-order valence-corrected chi connectivity index (χ4v) is 2.99. The number of nitrogens with one attached hydrogen (secondary N) is 1. The van der Waals surface area contributed by atoms with Crippen molar-refractivity contribution in [3.8, 4) is 11.1 Å². The molecule has 0 bridgehead atoms. The van der Waals surface area contributed by atoms with Gasteiger partial charge in [-0.2, -0.15) is 0 Å². The van der Waals surface area contributed by atoms with Crippen molar-refractivity contribution in [2.45, 2.75) is 33.4 Å². The second-order valence-corrected chi connectivity index (χ2v) is 6.53. The van der Waals surface area contributed by atoms with Crippen LogP contribution in [0.5, 0.6) is 0 Å². The molecule has 0 saturated carbocycles.